The molecule has 5 nitrogen and oxygen atoms in total. The molecule has 0 unspecified atom stereocenters. The fourth-order valence-electron chi connectivity index (χ4n) is 3.33. The lowest BCUT2D eigenvalue weighted by Crippen LogP contribution is -2.65. The second kappa shape index (κ2) is 4.63. The number of alkyl carbamates (subject to hydrolysis) is 1. The Morgan fingerprint density at radius 2 is 2.06 bits per heavy atom. The quantitative estimate of drug-likeness (QED) is 0.537. The number of carbonyl (C=O) groups is 2. The Morgan fingerprint density at radius 3 is 2.61 bits per heavy atom. The van der Waals surface area contributed by atoms with E-state index in [1.165, 1.54) is 6.08 Å². The van der Waals surface area contributed by atoms with Crippen LogP contribution in [0.1, 0.15) is 32.1 Å². The van der Waals surface area contributed by atoms with E-state index < -0.39 is 17.5 Å². The van der Waals surface area contributed by atoms with Crippen molar-refractivity contribution in [2.75, 3.05) is 13.2 Å². The summed E-state index contributed by atoms with van der Waals surface area (Å²) in [5.41, 5.74) is -0.137. The molecule has 0 aliphatic heterocycles. The number of amides is 1. The molecule has 5 heteroatoms. The second-order valence-corrected chi connectivity index (χ2v) is 5.53. The zero-order valence-corrected chi connectivity index (χ0v) is 10.4. The molecular weight excluding hydrogens is 234 g/mol. The van der Waals surface area contributed by atoms with Crippen molar-refractivity contribution >= 4 is 12.1 Å². The molecule has 2 N–H and O–H groups in total. The SMILES string of the molecule is C=CCOC(=O)NCCCC12CC(C(=O)O)(C1)C2. The molecule has 1 amide bonds. The van der Waals surface area contributed by atoms with Crippen LogP contribution in [0.25, 0.3) is 0 Å². The maximum absolute atomic E-state index is 11.1. The summed E-state index contributed by atoms with van der Waals surface area (Å²) in [6.45, 7) is 4.25. The van der Waals surface area contributed by atoms with Gasteiger partial charge in [0.25, 0.3) is 0 Å². The lowest BCUT2D eigenvalue weighted by molar-refractivity contribution is -0.225. The number of hydrogen-bond acceptors (Lipinski definition) is 3. The molecule has 0 atom stereocenters. The summed E-state index contributed by atoms with van der Waals surface area (Å²) in [5.74, 6) is -0.643. The monoisotopic (exact) mass is 253 g/mol. The number of carboxylic acids is 1. The third-order valence-electron chi connectivity index (χ3n) is 4.08. The number of ether oxygens (including phenoxy) is 1. The summed E-state index contributed by atoms with van der Waals surface area (Å²) in [5, 5.41) is 11.7. The van der Waals surface area contributed by atoms with Crippen LogP contribution in [0.5, 0.6) is 0 Å². The highest BCUT2D eigenvalue weighted by Crippen LogP contribution is 2.75. The van der Waals surface area contributed by atoms with Crippen molar-refractivity contribution < 1.29 is 19.4 Å². The van der Waals surface area contributed by atoms with Crippen LogP contribution in [0.15, 0.2) is 12.7 Å². The van der Waals surface area contributed by atoms with Crippen LogP contribution in [0.4, 0.5) is 4.79 Å². The van der Waals surface area contributed by atoms with E-state index in [-0.39, 0.29) is 12.0 Å². The molecule has 3 saturated carbocycles. The van der Waals surface area contributed by atoms with Gasteiger partial charge in [0.05, 0.1) is 5.41 Å². The van der Waals surface area contributed by atoms with Gasteiger partial charge in [0, 0.05) is 6.54 Å². The van der Waals surface area contributed by atoms with Crippen LogP contribution in [0, 0.1) is 10.8 Å². The first-order valence-electron chi connectivity index (χ1n) is 6.27. The van der Waals surface area contributed by atoms with E-state index in [0.29, 0.717) is 6.54 Å². The number of aliphatic carboxylic acids is 1. The van der Waals surface area contributed by atoms with E-state index in [2.05, 4.69) is 11.9 Å². The van der Waals surface area contributed by atoms with E-state index in [1.54, 1.807) is 0 Å². The van der Waals surface area contributed by atoms with Crippen LogP contribution in [0.3, 0.4) is 0 Å². The van der Waals surface area contributed by atoms with Crippen molar-refractivity contribution in [1.82, 2.24) is 5.32 Å². The maximum atomic E-state index is 11.1. The van der Waals surface area contributed by atoms with Crippen molar-refractivity contribution in [3.63, 3.8) is 0 Å². The second-order valence-electron chi connectivity index (χ2n) is 5.53. The minimum atomic E-state index is -0.643. The summed E-state index contributed by atoms with van der Waals surface area (Å²) in [7, 11) is 0. The number of carboxylic acid groups (broad SMARTS) is 1. The van der Waals surface area contributed by atoms with E-state index >= 15 is 0 Å². The third-order valence-corrected chi connectivity index (χ3v) is 4.08. The van der Waals surface area contributed by atoms with Gasteiger partial charge in [-0.25, -0.2) is 4.79 Å². The molecule has 0 aromatic rings. The van der Waals surface area contributed by atoms with Crippen molar-refractivity contribution in [2.45, 2.75) is 32.1 Å². The van der Waals surface area contributed by atoms with E-state index in [0.717, 1.165) is 32.1 Å². The van der Waals surface area contributed by atoms with Crippen molar-refractivity contribution in [1.29, 1.82) is 0 Å². The van der Waals surface area contributed by atoms with Crippen molar-refractivity contribution in [3.8, 4) is 0 Å². The number of rotatable bonds is 7. The van der Waals surface area contributed by atoms with Crippen LogP contribution < -0.4 is 5.32 Å². The van der Waals surface area contributed by atoms with Gasteiger partial charge < -0.3 is 15.2 Å². The summed E-state index contributed by atoms with van der Waals surface area (Å²) < 4.78 is 4.78. The highest BCUT2D eigenvalue weighted by molar-refractivity contribution is 5.79. The van der Waals surface area contributed by atoms with Gasteiger partial charge in [0.2, 0.25) is 0 Å². The molecule has 0 saturated heterocycles. The van der Waals surface area contributed by atoms with Crippen molar-refractivity contribution in [2.24, 2.45) is 10.8 Å². The van der Waals surface area contributed by atoms with Gasteiger partial charge in [-0.1, -0.05) is 12.7 Å². The highest BCUT2D eigenvalue weighted by atomic mass is 16.5. The standard InChI is InChI=1S/C13H19NO4/c1-2-6-18-11(17)14-5-3-4-12-7-13(8-12,9-12)10(15)16/h2H,1,3-9H2,(H,14,17)(H,15,16). The zero-order valence-electron chi connectivity index (χ0n) is 10.4. The summed E-state index contributed by atoms with van der Waals surface area (Å²) in [6.07, 6.45) is 5.41. The summed E-state index contributed by atoms with van der Waals surface area (Å²) >= 11 is 0. The Kier molecular flexibility index (Phi) is 3.32. The Bertz CT molecular complexity index is 357. The summed E-state index contributed by atoms with van der Waals surface area (Å²) in [4.78, 5) is 22.0. The Labute approximate surface area is 106 Å². The number of hydrogen-bond donors (Lipinski definition) is 2. The molecule has 0 radical (unpaired) electrons. The molecule has 3 rings (SSSR count). The molecule has 0 aromatic carbocycles. The lowest BCUT2D eigenvalue weighted by Gasteiger charge is -2.68. The minimum Gasteiger partial charge on any atom is -0.481 e. The van der Waals surface area contributed by atoms with Crippen LogP contribution in [-0.4, -0.2) is 30.3 Å². The van der Waals surface area contributed by atoms with Gasteiger partial charge in [0.15, 0.2) is 0 Å². The van der Waals surface area contributed by atoms with Gasteiger partial charge in [-0.2, -0.15) is 0 Å². The zero-order chi connectivity index (χ0) is 13.2. The molecule has 0 heterocycles. The number of carbonyl (C=O) groups excluding carboxylic acids is 1. The predicted octanol–water partition coefficient (Wildman–Crippen LogP) is 1.93. The molecule has 3 aliphatic rings. The molecule has 2 bridgehead atoms. The van der Waals surface area contributed by atoms with Gasteiger partial charge in [-0.15, -0.1) is 0 Å². The molecule has 0 aromatic heterocycles. The fourth-order valence-corrected chi connectivity index (χ4v) is 3.33. The van der Waals surface area contributed by atoms with Gasteiger partial charge >= 0.3 is 12.1 Å². The smallest absolute Gasteiger partial charge is 0.407 e. The molecule has 0 spiro atoms. The minimum absolute atomic E-state index is 0.219. The maximum Gasteiger partial charge on any atom is 0.407 e. The first-order valence-corrected chi connectivity index (χ1v) is 6.27. The fraction of sp³-hybridized carbons (Fsp3) is 0.692. The van der Waals surface area contributed by atoms with E-state index in [4.69, 9.17) is 9.84 Å². The van der Waals surface area contributed by atoms with E-state index in [9.17, 15) is 9.59 Å². The van der Waals surface area contributed by atoms with E-state index in [1.807, 2.05) is 0 Å². The van der Waals surface area contributed by atoms with Gasteiger partial charge in [0.1, 0.15) is 6.61 Å². The Balaban J connectivity index is 1.55. The van der Waals surface area contributed by atoms with Crippen LogP contribution in [-0.2, 0) is 9.53 Å². The number of nitrogens with one attached hydrogen (secondary N) is 1. The first-order chi connectivity index (χ1) is 8.52. The molecule has 3 fully saturated rings. The average molecular weight is 253 g/mol. The highest BCUT2D eigenvalue weighted by Gasteiger charge is 2.70. The first kappa shape index (κ1) is 12.9. The molecular formula is C13H19NO4. The van der Waals surface area contributed by atoms with Crippen LogP contribution >= 0.6 is 0 Å². The molecule has 3 aliphatic carbocycles. The molecule has 18 heavy (non-hydrogen) atoms. The largest absolute Gasteiger partial charge is 0.481 e. The van der Waals surface area contributed by atoms with Gasteiger partial charge in [-0.05, 0) is 37.5 Å². The van der Waals surface area contributed by atoms with Crippen molar-refractivity contribution in [3.05, 3.63) is 12.7 Å². The normalized spacial score (nSPS) is 31.8. The Hall–Kier alpha value is -1.52. The van der Waals surface area contributed by atoms with Crippen LogP contribution in [0.2, 0.25) is 0 Å². The topological polar surface area (TPSA) is 75.6 Å². The third kappa shape index (κ3) is 2.21. The van der Waals surface area contributed by atoms with Gasteiger partial charge in [-0.3, -0.25) is 4.79 Å². The molecule has 100 valence electrons. The predicted molar refractivity (Wildman–Crippen MR) is 65.1 cm³/mol. The summed E-state index contributed by atoms with van der Waals surface area (Å²) in [6, 6.07) is 0. The Morgan fingerprint density at radius 1 is 1.39 bits per heavy atom. The lowest BCUT2D eigenvalue weighted by atomic mass is 9.34. The average Bonchev–Trinajstić information content (AvgIpc) is 2.21.